The Bertz CT molecular complexity index is 721. The molecule has 2 aromatic rings. The molecular formula is C18H18N2O3. The van der Waals surface area contributed by atoms with Crippen molar-refractivity contribution in [2.75, 3.05) is 5.32 Å². The van der Waals surface area contributed by atoms with E-state index in [1.807, 2.05) is 37.3 Å². The van der Waals surface area contributed by atoms with Crippen LogP contribution in [0.15, 0.2) is 54.7 Å². The van der Waals surface area contributed by atoms with E-state index in [1.54, 1.807) is 30.5 Å². The summed E-state index contributed by atoms with van der Waals surface area (Å²) >= 11 is 0. The van der Waals surface area contributed by atoms with E-state index in [0.717, 1.165) is 11.1 Å². The first-order valence-electron chi connectivity index (χ1n) is 7.14. The highest BCUT2D eigenvalue weighted by atomic mass is 16.4. The highest BCUT2D eigenvalue weighted by Crippen LogP contribution is 2.10. The van der Waals surface area contributed by atoms with Crippen molar-refractivity contribution in [1.29, 1.82) is 0 Å². The van der Waals surface area contributed by atoms with E-state index >= 15 is 0 Å². The predicted octanol–water partition coefficient (Wildman–Crippen LogP) is 3.41. The number of carboxylic acids is 1. The van der Waals surface area contributed by atoms with Gasteiger partial charge in [-0.15, -0.1) is 0 Å². The lowest BCUT2D eigenvalue weighted by atomic mass is 10.1. The first kappa shape index (κ1) is 16.3. The third-order valence-corrected chi connectivity index (χ3v) is 3.10. The minimum absolute atomic E-state index is 0.0360. The Labute approximate surface area is 134 Å². The van der Waals surface area contributed by atoms with Crippen molar-refractivity contribution in [3.63, 3.8) is 0 Å². The third kappa shape index (κ3) is 5.67. The number of amides is 2. The molecule has 2 rings (SSSR count). The lowest BCUT2D eigenvalue weighted by Gasteiger charge is -2.05. The molecule has 0 radical (unpaired) electrons. The molecule has 0 saturated heterocycles. The van der Waals surface area contributed by atoms with Crippen LogP contribution < -0.4 is 10.6 Å². The Morgan fingerprint density at radius 2 is 1.87 bits per heavy atom. The van der Waals surface area contributed by atoms with Crippen LogP contribution >= 0.6 is 0 Å². The van der Waals surface area contributed by atoms with Gasteiger partial charge >= 0.3 is 12.0 Å². The Hall–Kier alpha value is -3.08. The SMILES string of the molecule is Cc1cccc(/C=C/NC(=O)Nc2ccc(CC(=O)O)cc2)c1. The Balaban J connectivity index is 1.86. The monoisotopic (exact) mass is 310 g/mol. The van der Waals surface area contributed by atoms with E-state index in [1.165, 1.54) is 0 Å². The van der Waals surface area contributed by atoms with Crippen molar-refractivity contribution < 1.29 is 14.7 Å². The fourth-order valence-electron chi connectivity index (χ4n) is 2.04. The van der Waals surface area contributed by atoms with Crippen LogP contribution in [0.2, 0.25) is 0 Å². The van der Waals surface area contributed by atoms with Gasteiger partial charge in [-0.3, -0.25) is 4.79 Å². The molecule has 0 aliphatic carbocycles. The average molecular weight is 310 g/mol. The van der Waals surface area contributed by atoms with E-state index in [2.05, 4.69) is 10.6 Å². The third-order valence-electron chi connectivity index (χ3n) is 3.10. The second-order valence-corrected chi connectivity index (χ2v) is 5.11. The number of benzene rings is 2. The zero-order valence-electron chi connectivity index (χ0n) is 12.7. The van der Waals surface area contributed by atoms with E-state index in [-0.39, 0.29) is 12.5 Å². The summed E-state index contributed by atoms with van der Waals surface area (Å²) in [6.45, 7) is 2.01. The zero-order chi connectivity index (χ0) is 16.7. The number of aryl methyl sites for hydroxylation is 1. The maximum Gasteiger partial charge on any atom is 0.323 e. The van der Waals surface area contributed by atoms with Gasteiger partial charge in [-0.05, 0) is 36.3 Å². The van der Waals surface area contributed by atoms with E-state index in [4.69, 9.17) is 5.11 Å². The molecule has 5 nitrogen and oxygen atoms in total. The Kier molecular flexibility index (Phi) is 5.52. The Morgan fingerprint density at radius 3 is 2.52 bits per heavy atom. The topological polar surface area (TPSA) is 78.4 Å². The number of carboxylic acid groups (broad SMARTS) is 1. The molecule has 0 bridgehead atoms. The minimum Gasteiger partial charge on any atom is -0.481 e. The quantitative estimate of drug-likeness (QED) is 0.792. The largest absolute Gasteiger partial charge is 0.481 e. The van der Waals surface area contributed by atoms with E-state index in [9.17, 15) is 9.59 Å². The van der Waals surface area contributed by atoms with Gasteiger partial charge in [0.05, 0.1) is 6.42 Å². The van der Waals surface area contributed by atoms with Gasteiger partial charge in [-0.25, -0.2) is 4.79 Å². The van der Waals surface area contributed by atoms with Gasteiger partial charge in [0.25, 0.3) is 0 Å². The number of anilines is 1. The van der Waals surface area contributed by atoms with Gasteiger partial charge < -0.3 is 15.7 Å². The number of rotatable bonds is 5. The number of carbonyl (C=O) groups excluding carboxylic acids is 1. The molecule has 0 unspecified atom stereocenters. The fraction of sp³-hybridized carbons (Fsp3) is 0.111. The van der Waals surface area contributed by atoms with Crippen LogP contribution in [-0.4, -0.2) is 17.1 Å². The molecule has 0 atom stereocenters. The molecule has 0 aromatic heterocycles. The predicted molar refractivity (Wildman–Crippen MR) is 90.1 cm³/mol. The van der Waals surface area contributed by atoms with Crippen molar-refractivity contribution in [3.8, 4) is 0 Å². The number of urea groups is 1. The molecule has 0 fully saturated rings. The smallest absolute Gasteiger partial charge is 0.323 e. The van der Waals surface area contributed by atoms with Gasteiger partial charge in [0.2, 0.25) is 0 Å². The van der Waals surface area contributed by atoms with Gasteiger partial charge in [-0.2, -0.15) is 0 Å². The van der Waals surface area contributed by atoms with Crippen molar-refractivity contribution >= 4 is 23.8 Å². The van der Waals surface area contributed by atoms with Crippen molar-refractivity contribution in [3.05, 3.63) is 71.4 Å². The summed E-state index contributed by atoms with van der Waals surface area (Å²) in [5.74, 6) is -0.885. The van der Waals surface area contributed by atoms with Crippen LogP contribution in [0.5, 0.6) is 0 Å². The molecule has 0 aliphatic heterocycles. The number of hydrogen-bond donors (Lipinski definition) is 3. The fourth-order valence-corrected chi connectivity index (χ4v) is 2.04. The summed E-state index contributed by atoms with van der Waals surface area (Å²) in [7, 11) is 0. The van der Waals surface area contributed by atoms with Gasteiger partial charge in [-0.1, -0.05) is 42.0 Å². The maximum absolute atomic E-state index is 11.8. The molecule has 2 aromatic carbocycles. The molecule has 3 N–H and O–H groups in total. The summed E-state index contributed by atoms with van der Waals surface area (Å²) in [6.07, 6.45) is 3.34. The summed E-state index contributed by atoms with van der Waals surface area (Å²) in [4.78, 5) is 22.4. The van der Waals surface area contributed by atoms with Gasteiger partial charge in [0.1, 0.15) is 0 Å². The second kappa shape index (κ2) is 7.79. The summed E-state index contributed by atoms with van der Waals surface area (Å²) in [6, 6.07) is 14.2. The van der Waals surface area contributed by atoms with Gasteiger partial charge in [0.15, 0.2) is 0 Å². The molecule has 5 heteroatoms. The van der Waals surface area contributed by atoms with E-state index < -0.39 is 5.97 Å². The number of carbonyl (C=O) groups is 2. The first-order valence-corrected chi connectivity index (χ1v) is 7.14. The zero-order valence-corrected chi connectivity index (χ0v) is 12.7. The number of hydrogen-bond acceptors (Lipinski definition) is 2. The highest BCUT2D eigenvalue weighted by Gasteiger charge is 2.02. The molecule has 0 spiro atoms. The maximum atomic E-state index is 11.8. The normalized spacial score (nSPS) is 10.5. The highest BCUT2D eigenvalue weighted by molar-refractivity contribution is 5.90. The lowest BCUT2D eigenvalue weighted by Crippen LogP contribution is -2.23. The van der Waals surface area contributed by atoms with Crippen molar-refractivity contribution in [1.82, 2.24) is 5.32 Å². The molecule has 2 amide bonds. The van der Waals surface area contributed by atoms with E-state index in [0.29, 0.717) is 11.3 Å². The standard InChI is InChI=1S/C18H18N2O3/c1-13-3-2-4-14(11-13)9-10-19-18(23)20-16-7-5-15(6-8-16)12-17(21)22/h2-11H,12H2,1H3,(H,21,22)(H2,19,20,23)/b10-9+. The summed E-state index contributed by atoms with van der Waals surface area (Å²) in [5.41, 5.74) is 3.43. The lowest BCUT2D eigenvalue weighted by molar-refractivity contribution is -0.136. The van der Waals surface area contributed by atoms with Crippen LogP contribution in [0.3, 0.4) is 0 Å². The van der Waals surface area contributed by atoms with Crippen molar-refractivity contribution in [2.24, 2.45) is 0 Å². The van der Waals surface area contributed by atoms with Crippen molar-refractivity contribution in [2.45, 2.75) is 13.3 Å². The molecular weight excluding hydrogens is 292 g/mol. The second-order valence-electron chi connectivity index (χ2n) is 5.11. The molecule has 0 saturated carbocycles. The van der Waals surface area contributed by atoms with Crippen LogP contribution in [0, 0.1) is 6.92 Å². The van der Waals surface area contributed by atoms with Crippen LogP contribution in [-0.2, 0) is 11.2 Å². The minimum atomic E-state index is -0.885. The number of aliphatic carboxylic acids is 1. The summed E-state index contributed by atoms with van der Waals surface area (Å²) < 4.78 is 0. The Morgan fingerprint density at radius 1 is 1.13 bits per heavy atom. The average Bonchev–Trinajstić information content (AvgIpc) is 2.49. The van der Waals surface area contributed by atoms with Gasteiger partial charge in [0, 0.05) is 11.9 Å². The molecule has 0 aliphatic rings. The molecule has 23 heavy (non-hydrogen) atoms. The summed E-state index contributed by atoms with van der Waals surface area (Å²) in [5, 5.41) is 14.0. The first-order chi connectivity index (χ1) is 11.0. The molecule has 118 valence electrons. The van der Waals surface area contributed by atoms with Crippen LogP contribution in [0.25, 0.3) is 6.08 Å². The molecule has 0 heterocycles. The van der Waals surface area contributed by atoms with Crippen LogP contribution in [0.1, 0.15) is 16.7 Å². The van der Waals surface area contributed by atoms with Crippen LogP contribution in [0.4, 0.5) is 10.5 Å². The number of nitrogens with one attached hydrogen (secondary N) is 2.